The van der Waals surface area contributed by atoms with Gasteiger partial charge in [-0.1, -0.05) is 12.7 Å². The van der Waals surface area contributed by atoms with Crippen molar-refractivity contribution in [2.24, 2.45) is 0 Å². The third-order valence-corrected chi connectivity index (χ3v) is 3.21. The highest BCUT2D eigenvalue weighted by molar-refractivity contribution is 5.90. The van der Waals surface area contributed by atoms with Crippen molar-refractivity contribution in [1.29, 1.82) is 0 Å². The van der Waals surface area contributed by atoms with Gasteiger partial charge in [0.2, 0.25) is 0 Å². The summed E-state index contributed by atoms with van der Waals surface area (Å²) in [5.41, 5.74) is -0.131. The molecule has 0 bridgehead atoms. The topological polar surface area (TPSA) is 142 Å². The van der Waals surface area contributed by atoms with Crippen LogP contribution >= 0.6 is 0 Å². The molecule has 1 rings (SSSR count). The molecule has 9 heteroatoms. The molecule has 0 atom stereocenters. The van der Waals surface area contributed by atoms with Gasteiger partial charge in [-0.25, -0.2) is 9.59 Å². The number of nitrogens with zero attached hydrogens (tertiary/aromatic N) is 1. The highest BCUT2D eigenvalue weighted by atomic mass is 16.6. The Labute approximate surface area is 149 Å². The molecular formula is C17H19N3O6. The zero-order chi connectivity index (χ0) is 19.5. The molecule has 0 aromatic heterocycles. The minimum Gasteiger partial charge on any atom is -0.478 e. The van der Waals surface area contributed by atoms with Crippen molar-refractivity contribution in [2.45, 2.75) is 6.42 Å². The number of allylic oxidation sites excluding steroid dienone is 2. The predicted molar refractivity (Wildman–Crippen MR) is 96.2 cm³/mol. The number of nitrogens with one attached hydrogen (secondary N) is 2. The summed E-state index contributed by atoms with van der Waals surface area (Å²) in [5.74, 6) is -2.29. The molecule has 0 heterocycles. The van der Waals surface area contributed by atoms with E-state index in [-0.39, 0.29) is 22.5 Å². The van der Waals surface area contributed by atoms with E-state index in [1.165, 1.54) is 30.4 Å². The fourth-order valence-corrected chi connectivity index (χ4v) is 1.91. The fraction of sp³-hybridized carbons (Fsp3) is 0.176. The second-order valence-corrected chi connectivity index (χ2v) is 5.02. The van der Waals surface area contributed by atoms with Gasteiger partial charge in [-0.3, -0.25) is 10.1 Å². The number of hydrogen-bond acceptors (Lipinski definition) is 6. The van der Waals surface area contributed by atoms with Gasteiger partial charge in [0.15, 0.2) is 0 Å². The Kier molecular flexibility index (Phi) is 8.08. The van der Waals surface area contributed by atoms with Crippen LogP contribution in [0.25, 0.3) is 0 Å². The van der Waals surface area contributed by atoms with Crippen LogP contribution in [-0.2, 0) is 4.79 Å². The number of hydrogen-bond donors (Lipinski definition) is 4. The summed E-state index contributed by atoms with van der Waals surface area (Å²) in [6.45, 7) is 4.37. The third-order valence-electron chi connectivity index (χ3n) is 3.21. The Hall–Kier alpha value is -3.62. The summed E-state index contributed by atoms with van der Waals surface area (Å²) in [7, 11) is 0. The number of rotatable bonds is 11. The van der Waals surface area contributed by atoms with E-state index in [1.54, 1.807) is 6.20 Å². The number of aliphatic carboxylic acids is 1. The van der Waals surface area contributed by atoms with Gasteiger partial charge in [-0.05, 0) is 36.9 Å². The average Bonchev–Trinajstić information content (AvgIpc) is 2.59. The van der Waals surface area contributed by atoms with Gasteiger partial charge in [0.1, 0.15) is 5.69 Å². The highest BCUT2D eigenvalue weighted by Gasteiger charge is 2.16. The molecule has 1 aromatic carbocycles. The largest absolute Gasteiger partial charge is 0.478 e. The van der Waals surface area contributed by atoms with Gasteiger partial charge in [-0.2, -0.15) is 0 Å². The first-order valence-electron chi connectivity index (χ1n) is 7.58. The van der Waals surface area contributed by atoms with Crippen molar-refractivity contribution in [3.8, 4) is 0 Å². The van der Waals surface area contributed by atoms with Crippen molar-refractivity contribution < 1.29 is 24.7 Å². The Bertz CT molecular complexity index is 755. The number of nitro groups is 1. The quantitative estimate of drug-likeness (QED) is 0.155. The zero-order valence-corrected chi connectivity index (χ0v) is 13.8. The molecule has 0 unspecified atom stereocenters. The Morgan fingerprint density at radius 2 is 2.00 bits per heavy atom. The lowest BCUT2D eigenvalue weighted by molar-refractivity contribution is -0.384. The third kappa shape index (κ3) is 6.48. The number of nitro benzene ring substituents is 1. The lowest BCUT2D eigenvalue weighted by atomic mass is 10.1. The van der Waals surface area contributed by atoms with E-state index >= 15 is 0 Å². The van der Waals surface area contributed by atoms with E-state index in [1.807, 2.05) is 0 Å². The molecule has 0 fully saturated rings. The van der Waals surface area contributed by atoms with Gasteiger partial charge >= 0.3 is 11.9 Å². The second kappa shape index (κ2) is 10.3. The maximum atomic E-state index is 11.0. The van der Waals surface area contributed by atoms with Crippen molar-refractivity contribution in [1.82, 2.24) is 5.32 Å². The van der Waals surface area contributed by atoms with Crippen LogP contribution in [0.2, 0.25) is 0 Å². The summed E-state index contributed by atoms with van der Waals surface area (Å²) in [5, 5.41) is 34.5. The van der Waals surface area contributed by atoms with E-state index in [0.717, 1.165) is 6.07 Å². The van der Waals surface area contributed by atoms with Crippen LogP contribution in [0.1, 0.15) is 16.8 Å². The van der Waals surface area contributed by atoms with Crippen LogP contribution < -0.4 is 10.6 Å². The molecule has 0 aliphatic heterocycles. The second-order valence-electron chi connectivity index (χ2n) is 5.02. The summed E-state index contributed by atoms with van der Waals surface area (Å²) >= 11 is 0. The molecule has 0 amide bonds. The Balaban J connectivity index is 2.47. The maximum Gasteiger partial charge on any atom is 0.335 e. The molecule has 0 aliphatic carbocycles. The van der Waals surface area contributed by atoms with Crippen LogP contribution in [0.3, 0.4) is 0 Å². The normalized spacial score (nSPS) is 11.2. The average molecular weight is 361 g/mol. The smallest absolute Gasteiger partial charge is 0.335 e. The van der Waals surface area contributed by atoms with Crippen LogP contribution in [-0.4, -0.2) is 40.2 Å². The van der Waals surface area contributed by atoms with Crippen LogP contribution in [0.4, 0.5) is 11.4 Å². The number of carboxylic acids is 2. The molecule has 1 aromatic rings. The lowest BCUT2D eigenvalue weighted by Crippen LogP contribution is -2.13. The predicted octanol–water partition coefficient (Wildman–Crippen LogP) is 2.40. The maximum absolute atomic E-state index is 11.0. The van der Waals surface area contributed by atoms with E-state index in [4.69, 9.17) is 10.2 Å². The first-order chi connectivity index (χ1) is 12.4. The van der Waals surface area contributed by atoms with Crippen LogP contribution in [0.15, 0.2) is 54.8 Å². The molecule has 138 valence electrons. The molecule has 0 saturated carbocycles. The standard InChI is InChI=1S/C17H19N3O6/c1-2-12(16(21)22)5-3-8-18-9-4-10-19-14-7-6-13(17(23)24)11-15(14)20(25)26/h2-3,5-8,11,18-19H,1,4,9-10H2,(H,21,22)(H,23,24)/b8-3+,12-5+. The van der Waals surface area contributed by atoms with Crippen molar-refractivity contribution >= 4 is 23.3 Å². The molecule has 0 saturated heterocycles. The van der Waals surface area contributed by atoms with Crippen LogP contribution in [0.5, 0.6) is 0 Å². The van der Waals surface area contributed by atoms with Crippen molar-refractivity contribution in [3.63, 3.8) is 0 Å². The number of carboxylic acid groups (broad SMARTS) is 2. The number of aromatic carboxylic acids is 1. The summed E-state index contributed by atoms with van der Waals surface area (Å²) in [6.07, 6.45) is 6.37. The van der Waals surface area contributed by atoms with Gasteiger partial charge < -0.3 is 20.8 Å². The minimum atomic E-state index is -1.23. The van der Waals surface area contributed by atoms with E-state index in [0.29, 0.717) is 19.5 Å². The van der Waals surface area contributed by atoms with Gasteiger partial charge in [0.25, 0.3) is 5.69 Å². The summed E-state index contributed by atoms with van der Waals surface area (Å²) < 4.78 is 0. The Morgan fingerprint density at radius 3 is 2.58 bits per heavy atom. The zero-order valence-electron chi connectivity index (χ0n) is 13.8. The first kappa shape index (κ1) is 20.4. The number of anilines is 1. The molecule has 0 radical (unpaired) electrons. The lowest BCUT2D eigenvalue weighted by Gasteiger charge is -2.07. The van der Waals surface area contributed by atoms with Crippen molar-refractivity contribution in [3.05, 3.63) is 70.5 Å². The molecule has 26 heavy (non-hydrogen) atoms. The van der Waals surface area contributed by atoms with Crippen molar-refractivity contribution in [2.75, 3.05) is 18.4 Å². The Morgan fingerprint density at radius 1 is 1.27 bits per heavy atom. The van der Waals surface area contributed by atoms with Gasteiger partial charge in [0.05, 0.1) is 16.1 Å². The summed E-state index contributed by atoms with van der Waals surface area (Å²) in [4.78, 5) is 32.0. The first-order valence-corrected chi connectivity index (χ1v) is 7.58. The highest BCUT2D eigenvalue weighted by Crippen LogP contribution is 2.25. The molecule has 4 N–H and O–H groups in total. The van der Waals surface area contributed by atoms with E-state index < -0.39 is 16.9 Å². The summed E-state index contributed by atoms with van der Waals surface area (Å²) in [6, 6.07) is 3.67. The van der Waals surface area contributed by atoms with Crippen LogP contribution in [0, 0.1) is 10.1 Å². The number of carbonyl (C=O) groups is 2. The monoisotopic (exact) mass is 361 g/mol. The molecule has 0 aliphatic rings. The van der Waals surface area contributed by atoms with Gasteiger partial charge in [0, 0.05) is 19.2 Å². The molecule has 9 nitrogen and oxygen atoms in total. The van der Waals surface area contributed by atoms with E-state index in [2.05, 4.69) is 17.2 Å². The molecule has 0 spiro atoms. The number of benzene rings is 1. The van der Waals surface area contributed by atoms with E-state index in [9.17, 15) is 19.7 Å². The SMILES string of the molecule is C=C/C(=C\C=C\NCCCNc1ccc(C(=O)O)cc1[N+](=O)[O-])C(=O)O. The minimum absolute atomic E-state index is 0.0711. The molecular weight excluding hydrogens is 342 g/mol. The fourth-order valence-electron chi connectivity index (χ4n) is 1.91. The van der Waals surface area contributed by atoms with Gasteiger partial charge in [-0.15, -0.1) is 0 Å².